The topological polar surface area (TPSA) is 88.2 Å². The van der Waals surface area contributed by atoms with E-state index in [4.69, 9.17) is 5.11 Å². The monoisotopic (exact) mass is 361 g/mol. The highest BCUT2D eigenvalue weighted by molar-refractivity contribution is 9.10. The van der Waals surface area contributed by atoms with Gasteiger partial charge in [0.25, 0.3) is 0 Å². The highest BCUT2D eigenvalue weighted by atomic mass is 79.9. The van der Waals surface area contributed by atoms with Gasteiger partial charge in [-0.15, -0.1) is 10.2 Å². The number of aliphatic carboxylic acids is 1. The second kappa shape index (κ2) is 6.33. The number of aliphatic hydroxyl groups is 1. The molecule has 0 bridgehead atoms. The number of carboxylic acid groups (broad SMARTS) is 1. The molecule has 1 aromatic heterocycles. The van der Waals surface area contributed by atoms with E-state index < -0.39 is 18.4 Å². The van der Waals surface area contributed by atoms with Crippen LogP contribution in [0.25, 0.3) is 5.69 Å². The lowest BCUT2D eigenvalue weighted by atomic mass is 10.3. The standard InChI is InChI=1S/C11H9BrFN3O3S/c12-6-1-2-8(7(13)3-6)16-9(4-17)14-15-11(16)20-5-10(18)19/h1-3,17H,4-5H2,(H,18,19). The van der Waals surface area contributed by atoms with E-state index in [0.29, 0.717) is 4.47 Å². The van der Waals surface area contributed by atoms with Gasteiger partial charge in [-0.25, -0.2) is 4.39 Å². The molecular formula is C11H9BrFN3O3S. The average molecular weight is 362 g/mol. The molecule has 2 rings (SSSR count). The van der Waals surface area contributed by atoms with Gasteiger partial charge in [0.2, 0.25) is 0 Å². The van der Waals surface area contributed by atoms with Crippen LogP contribution in [0.2, 0.25) is 0 Å². The number of halogens is 2. The summed E-state index contributed by atoms with van der Waals surface area (Å²) in [5.41, 5.74) is 0.148. The van der Waals surface area contributed by atoms with Crippen molar-refractivity contribution in [2.24, 2.45) is 0 Å². The summed E-state index contributed by atoms with van der Waals surface area (Å²) in [4.78, 5) is 10.6. The summed E-state index contributed by atoms with van der Waals surface area (Å²) in [5.74, 6) is -1.65. The van der Waals surface area contributed by atoms with E-state index in [-0.39, 0.29) is 22.4 Å². The molecule has 2 N–H and O–H groups in total. The molecule has 106 valence electrons. The van der Waals surface area contributed by atoms with Gasteiger partial charge in [0.1, 0.15) is 12.4 Å². The molecule has 20 heavy (non-hydrogen) atoms. The summed E-state index contributed by atoms with van der Waals surface area (Å²) >= 11 is 4.05. The van der Waals surface area contributed by atoms with Crippen molar-refractivity contribution in [3.63, 3.8) is 0 Å². The zero-order chi connectivity index (χ0) is 14.7. The van der Waals surface area contributed by atoms with E-state index in [1.807, 2.05) is 0 Å². The van der Waals surface area contributed by atoms with Crippen LogP contribution in [0.4, 0.5) is 4.39 Å². The first-order valence-electron chi connectivity index (χ1n) is 5.38. The molecule has 0 unspecified atom stereocenters. The minimum Gasteiger partial charge on any atom is -0.481 e. The van der Waals surface area contributed by atoms with E-state index >= 15 is 0 Å². The van der Waals surface area contributed by atoms with E-state index in [0.717, 1.165) is 11.8 Å². The number of hydrogen-bond acceptors (Lipinski definition) is 5. The molecule has 0 saturated heterocycles. The summed E-state index contributed by atoms with van der Waals surface area (Å²) in [7, 11) is 0. The Labute approximate surface area is 125 Å². The largest absolute Gasteiger partial charge is 0.481 e. The van der Waals surface area contributed by atoms with Crippen LogP contribution in [-0.2, 0) is 11.4 Å². The second-order valence-corrected chi connectivity index (χ2v) is 5.53. The minimum absolute atomic E-state index is 0.138. The van der Waals surface area contributed by atoms with Crippen molar-refractivity contribution >= 4 is 33.7 Å². The molecule has 0 aliphatic heterocycles. The first-order valence-corrected chi connectivity index (χ1v) is 7.16. The third-order valence-corrected chi connectivity index (χ3v) is 3.72. The highest BCUT2D eigenvalue weighted by Gasteiger charge is 2.17. The Bertz CT molecular complexity index is 650. The maximum absolute atomic E-state index is 14.0. The molecule has 1 aromatic carbocycles. The third kappa shape index (κ3) is 3.17. The van der Waals surface area contributed by atoms with Crippen molar-refractivity contribution in [3.8, 4) is 5.69 Å². The zero-order valence-corrected chi connectivity index (χ0v) is 12.4. The van der Waals surface area contributed by atoms with E-state index in [1.165, 1.54) is 16.7 Å². The van der Waals surface area contributed by atoms with Crippen LogP contribution in [0.3, 0.4) is 0 Å². The smallest absolute Gasteiger partial charge is 0.313 e. The predicted octanol–water partition coefficient (Wildman–Crippen LogP) is 1.84. The lowest BCUT2D eigenvalue weighted by Gasteiger charge is -2.09. The second-order valence-electron chi connectivity index (χ2n) is 3.67. The maximum atomic E-state index is 14.0. The van der Waals surface area contributed by atoms with Crippen molar-refractivity contribution < 1.29 is 19.4 Å². The number of carbonyl (C=O) groups is 1. The van der Waals surface area contributed by atoms with Crippen molar-refractivity contribution in [2.75, 3.05) is 5.75 Å². The number of hydrogen-bond donors (Lipinski definition) is 2. The quantitative estimate of drug-likeness (QED) is 0.790. The van der Waals surface area contributed by atoms with Crippen molar-refractivity contribution in [1.82, 2.24) is 14.8 Å². The van der Waals surface area contributed by atoms with Crippen molar-refractivity contribution in [3.05, 3.63) is 34.3 Å². The van der Waals surface area contributed by atoms with Gasteiger partial charge >= 0.3 is 5.97 Å². The summed E-state index contributed by atoms with van der Waals surface area (Å²) in [6.07, 6.45) is 0. The van der Waals surface area contributed by atoms with Gasteiger partial charge in [0.15, 0.2) is 11.0 Å². The van der Waals surface area contributed by atoms with E-state index in [9.17, 15) is 14.3 Å². The Hall–Kier alpha value is -1.45. The SMILES string of the molecule is O=C(O)CSc1nnc(CO)n1-c1ccc(Br)cc1F. The molecule has 0 saturated carbocycles. The van der Waals surface area contributed by atoms with Crippen LogP contribution in [-0.4, -0.2) is 36.7 Å². The third-order valence-electron chi connectivity index (χ3n) is 2.32. The summed E-state index contributed by atoms with van der Waals surface area (Å²) in [5, 5.41) is 25.6. The lowest BCUT2D eigenvalue weighted by Crippen LogP contribution is -2.06. The van der Waals surface area contributed by atoms with Gasteiger partial charge in [-0.3, -0.25) is 9.36 Å². The predicted molar refractivity (Wildman–Crippen MR) is 73.3 cm³/mol. The number of aliphatic hydroxyl groups excluding tert-OH is 1. The fraction of sp³-hybridized carbons (Fsp3) is 0.182. The average Bonchev–Trinajstić information content (AvgIpc) is 2.79. The van der Waals surface area contributed by atoms with Crippen molar-refractivity contribution in [1.29, 1.82) is 0 Å². The van der Waals surface area contributed by atoms with E-state index in [1.54, 1.807) is 6.07 Å². The van der Waals surface area contributed by atoms with Crippen LogP contribution >= 0.6 is 27.7 Å². The molecule has 0 aliphatic rings. The van der Waals surface area contributed by atoms with Crippen LogP contribution in [0.5, 0.6) is 0 Å². The number of benzene rings is 1. The number of rotatable bonds is 5. The normalized spacial score (nSPS) is 10.8. The first kappa shape index (κ1) is 14.9. The van der Waals surface area contributed by atoms with Gasteiger partial charge in [-0.05, 0) is 18.2 Å². The number of thioether (sulfide) groups is 1. The Kier molecular flexibility index (Phi) is 4.73. The number of carboxylic acids is 1. The molecule has 0 aliphatic carbocycles. The molecule has 0 fully saturated rings. The molecule has 9 heteroatoms. The van der Waals surface area contributed by atoms with Gasteiger partial charge < -0.3 is 10.2 Å². The van der Waals surface area contributed by atoms with Crippen LogP contribution in [0, 0.1) is 5.82 Å². The molecule has 6 nitrogen and oxygen atoms in total. The minimum atomic E-state index is -1.02. The molecule has 2 aromatic rings. The lowest BCUT2D eigenvalue weighted by molar-refractivity contribution is -0.133. The molecule has 0 radical (unpaired) electrons. The Morgan fingerprint density at radius 1 is 1.45 bits per heavy atom. The Morgan fingerprint density at radius 3 is 2.80 bits per heavy atom. The fourth-order valence-corrected chi connectivity index (χ4v) is 2.54. The first-order chi connectivity index (χ1) is 9.52. The van der Waals surface area contributed by atoms with Gasteiger partial charge in [-0.1, -0.05) is 27.7 Å². The molecule has 1 heterocycles. The maximum Gasteiger partial charge on any atom is 0.313 e. The summed E-state index contributed by atoms with van der Waals surface area (Å²) in [6.45, 7) is -0.434. The molecule has 0 spiro atoms. The van der Waals surface area contributed by atoms with E-state index in [2.05, 4.69) is 26.1 Å². The highest BCUT2D eigenvalue weighted by Crippen LogP contribution is 2.25. The summed E-state index contributed by atoms with van der Waals surface area (Å²) < 4.78 is 15.9. The number of nitrogens with zero attached hydrogens (tertiary/aromatic N) is 3. The van der Waals surface area contributed by atoms with Gasteiger partial charge in [0.05, 0.1) is 11.4 Å². The van der Waals surface area contributed by atoms with Crippen LogP contribution < -0.4 is 0 Å². The fourth-order valence-electron chi connectivity index (χ4n) is 1.53. The van der Waals surface area contributed by atoms with Crippen molar-refractivity contribution in [2.45, 2.75) is 11.8 Å². The molecule has 0 atom stereocenters. The summed E-state index contributed by atoms with van der Waals surface area (Å²) in [6, 6.07) is 4.39. The van der Waals surface area contributed by atoms with Crippen LogP contribution in [0.15, 0.2) is 27.8 Å². The van der Waals surface area contributed by atoms with Gasteiger partial charge in [0, 0.05) is 4.47 Å². The van der Waals surface area contributed by atoms with Crippen LogP contribution in [0.1, 0.15) is 5.82 Å². The van der Waals surface area contributed by atoms with Gasteiger partial charge in [-0.2, -0.15) is 0 Å². The number of aromatic nitrogens is 3. The zero-order valence-electron chi connectivity index (χ0n) is 9.95. The Balaban J connectivity index is 2.47. The molecular weight excluding hydrogens is 353 g/mol. The Morgan fingerprint density at radius 2 is 2.20 bits per heavy atom. The molecule has 0 amide bonds.